The fraction of sp³-hybridized carbons (Fsp3) is 0.769. The number of likely N-dealkylation sites (tertiary alicyclic amines) is 1. The summed E-state index contributed by atoms with van der Waals surface area (Å²) in [4.78, 5) is 7.01. The highest BCUT2D eigenvalue weighted by Crippen LogP contribution is 2.15. The van der Waals surface area contributed by atoms with Crippen LogP contribution in [0.2, 0.25) is 0 Å². The van der Waals surface area contributed by atoms with Gasteiger partial charge in [0.1, 0.15) is 5.82 Å². The second kappa shape index (κ2) is 5.19. The first-order chi connectivity index (χ1) is 8.08. The Morgan fingerprint density at radius 1 is 1.29 bits per heavy atom. The van der Waals surface area contributed by atoms with Gasteiger partial charge in [0, 0.05) is 19.3 Å². The summed E-state index contributed by atoms with van der Waals surface area (Å²) >= 11 is 0. The Kier molecular flexibility index (Phi) is 3.84. The summed E-state index contributed by atoms with van der Waals surface area (Å²) in [6.07, 6.45) is 2.81. The SMILES string of the molecule is Cc1nc(CN2CCCC(O)CC2)n(C)c1C. The second-order valence-corrected chi connectivity index (χ2v) is 5.12. The lowest BCUT2D eigenvalue weighted by Gasteiger charge is -2.19. The fourth-order valence-corrected chi connectivity index (χ4v) is 2.42. The smallest absolute Gasteiger partial charge is 0.123 e. The number of aryl methyl sites for hydroxylation is 1. The number of hydrogen-bond acceptors (Lipinski definition) is 3. The topological polar surface area (TPSA) is 41.3 Å². The molecule has 2 rings (SSSR count). The Labute approximate surface area is 103 Å². The number of aliphatic hydroxyl groups is 1. The predicted octanol–water partition coefficient (Wildman–Crippen LogP) is 1.38. The first-order valence-corrected chi connectivity index (χ1v) is 6.47. The molecule has 4 nitrogen and oxygen atoms in total. The Hall–Kier alpha value is -0.870. The van der Waals surface area contributed by atoms with Crippen molar-refractivity contribution in [3.8, 4) is 0 Å². The van der Waals surface area contributed by atoms with Crippen molar-refractivity contribution in [2.45, 2.75) is 45.8 Å². The van der Waals surface area contributed by atoms with Gasteiger partial charge in [0.15, 0.2) is 0 Å². The number of aliphatic hydroxyl groups excluding tert-OH is 1. The van der Waals surface area contributed by atoms with Crippen molar-refractivity contribution in [1.82, 2.24) is 14.5 Å². The third kappa shape index (κ3) is 2.87. The van der Waals surface area contributed by atoms with Crippen LogP contribution in [-0.4, -0.2) is 38.8 Å². The fourth-order valence-electron chi connectivity index (χ4n) is 2.42. The molecule has 0 bridgehead atoms. The molecule has 0 aliphatic carbocycles. The molecule has 1 fully saturated rings. The molecule has 2 heterocycles. The maximum Gasteiger partial charge on any atom is 0.123 e. The third-order valence-electron chi connectivity index (χ3n) is 3.87. The molecule has 0 aromatic carbocycles. The van der Waals surface area contributed by atoms with Gasteiger partial charge in [-0.25, -0.2) is 4.98 Å². The average Bonchev–Trinajstić information content (AvgIpc) is 2.48. The summed E-state index contributed by atoms with van der Waals surface area (Å²) in [5, 5.41) is 9.63. The molecular weight excluding hydrogens is 214 g/mol. The van der Waals surface area contributed by atoms with Gasteiger partial charge in [0.2, 0.25) is 0 Å². The first-order valence-electron chi connectivity index (χ1n) is 6.47. The van der Waals surface area contributed by atoms with Crippen LogP contribution in [0.1, 0.15) is 36.5 Å². The van der Waals surface area contributed by atoms with E-state index < -0.39 is 0 Å². The van der Waals surface area contributed by atoms with Crippen LogP contribution in [0.4, 0.5) is 0 Å². The van der Waals surface area contributed by atoms with E-state index in [0.717, 1.165) is 50.4 Å². The Morgan fingerprint density at radius 2 is 2.06 bits per heavy atom. The zero-order valence-corrected chi connectivity index (χ0v) is 11.1. The van der Waals surface area contributed by atoms with E-state index in [-0.39, 0.29) is 6.10 Å². The molecule has 1 aromatic rings. The molecule has 1 aliphatic rings. The predicted molar refractivity (Wildman–Crippen MR) is 67.8 cm³/mol. The van der Waals surface area contributed by atoms with E-state index in [1.165, 1.54) is 5.69 Å². The van der Waals surface area contributed by atoms with Crippen LogP contribution < -0.4 is 0 Å². The van der Waals surface area contributed by atoms with Gasteiger partial charge in [-0.1, -0.05) is 0 Å². The van der Waals surface area contributed by atoms with E-state index in [0.29, 0.717) is 0 Å². The normalized spacial score (nSPS) is 22.7. The van der Waals surface area contributed by atoms with Gasteiger partial charge in [-0.15, -0.1) is 0 Å². The molecular formula is C13H23N3O. The van der Waals surface area contributed by atoms with Crippen molar-refractivity contribution >= 4 is 0 Å². The molecule has 96 valence electrons. The summed E-state index contributed by atoms with van der Waals surface area (Å²) in [5.74, 6) is 1.14. The van der Waals surface area contributed by atoms with Crippen molar-refractivity contribution in [1.29, 1.82) is 0 Å². The second-order valence-electron chi connectivity index (χ2n) is 5.12. The molecule has 0 saturated carbocycles. The zero-order valence-electron chi connectivity index (χ0n) is 11.1. The van der Waals surface area contributed by atoms with E-state index in [9.17, 15) is 5.11 Å². The average molecular weight is 237 g/mol. The summed E-state index contributed by atoms with van der Waals surface area (Å²) in [6, 6.07) is 0. The minimum Gasteiger partial charge on any atom is -0.393 e. The molecule has 1 aliphatic heterocycles. The molecule has 0 radical (unpaired) electrons. The molecule has 0 spiro atoms. The van der Waals surface area contributed by atoms with Gasteiger partial charge in [-0.2, -0.15) is 0 Å². The summed E-state index contributed by atoms with van der Waals surface area (Å²) in [6.45, 7) is 7.12. The maximum absolute atomic E-state index is 9.63. The lowest BCUT2D eigenvalue weighted by molar-refractivity contribution is 0.154. The highest BCUT2D eigenvalue weighted by atomic mass is 16.3. The summed E-state index contributed by atoms with van der Waals surface area (Å²) in [7, 11) is 2.08. The Morgan fingerprint density at radius 3 is 2.71 bits per heavy atom. The quantitative estimate of drug-likeness (QED) is 0.845. The van der Waals surface area contributed by atoms with Crippen molar-refractivity contribution < 1.29 is 5.11 Å². The minimum atomic E-state index is -0.107. The van der Waals surface area contributed by atoms with Gasteiger partial charge in [-0.05, 0) is 39.7 Å². The standard InChI is InChI=1S/C13H23N3O/c1-10-11(2)15(3)13(14-10)9-16-7-4-5-12(17)6-8-16/h12,17H,4-9H2,1-3H3. The van der Waals surface area contributed by atoms with Crippen LogP contribution in [0.15, 0.2) is 0 Å². The van der Waals surface area contributed by atoms with E-state index >= 15 is 0 Å². The zero-order chi connectivity index (χ0) is 12.4. The molecule has 4 heteroatoms. The molecule has 0 amide bonds. The number of nitrogens with zero attached hydrogens (tertiary/aromatic N) is 3. The minimum absolute atomic E-state index is 0.107. The van der Waals surface area contributed by atoms with Crippen LogP contribution in [0.25, 0.3) is 0 Å². The van der Waals surface area contributed by atoms with E-state index in [1.54, 1.807) is 0 Å². The van der Waals surface area contributed by atoms with Crippen molar-refractivity contribution in [3.63, 3.8) is 0 Å². The van der Waals surface area contributed by atoms with Gasteiger partial charge in [0.25, 0.3) is 0 Å². The lowest BCUT2D eigenvalue weighted by atomic mass is 10.2. The van der Waals surface area contributed by atoms with Gasteiger partial charge < -0.3 is 9.67 Å². The molecule has 1 atom stereocenters. The summed E-state index contributed by atoms with van der Waals surface area (Å²) < 4.78 is 2.18. The monoisotopic (exact) mass is 237 g/mol. The molecule has 17 heavy (non-hydrogen) atoms. The number of imidazole rings is 1. The highest BCUT2D eigenvalue weighted by Gasteiger charge is 2.17. The number of hydrogen-bond donors (Lipinski definition) is 1. The van der Waals surface area contributed by atoms with Gasteiger partial charge in [-0.3, -0.25) is 4.90 Å². The van der Waals surface area contributed by atoms with E-state index in [2.05, 4.69) is 35.3 Å². The van der Waals surface area contributed by atoms with Crippen molar-refractivity contribution in [2.24, 2.45) is 7.05 Å². The van der Waals surface area contributed by atoms with Gasteiger partial charge in [0.05, 0.1) is 18.3 Å². The largest absolute Gasteiger partial charge is 0.393 e. The molecule has 1 aromatic heterocycles. The molecule has 1 unspecified atom stereocenters. The van der Waals surface area contributed by atoms with Crippen LogP contribution in [0.5, 0.6) is 0 Å². The van der Waals surface area contributed by atoms with E-state index in [1.807, 2.05) is 0 Å². The molecule has 1 saturated heterocycles. The Bertz CT molecular complexity index is 386. The van der Waals surface area contributed by atoms with E-state index in [4.69, 9.17) is 0 Å². The highest BCUT2D eigenvalue weighted by molar-refractivity contribution is 5.13. The van der Waals surface area contributed by atoms with Crippen molar-refractivity contribution in [2.75, 3.05) is 13.1 Å². The number of rotatable bonds is 2. The molecule has 1 N–H and O–H groups in total. The summed E-state index contributed by atoms with van der Waals surface area (Å²) in [5.41, 5.74) is 2.37. The van der Waals surface area contributed by atoms with Crippen LogP contribution in [0.3, 0.4) is 0 Å². The van der Waals surface area contributed by atoms with Crippen LogP contribution >= 0.6 is 0 Å². The third-order valence-corrected chi connectivity index (χ3v) is 3.87. The van der Waals surface area contributed by atoms with Crippen molar-refractivity contribution in [3.05, 3.63) is 17.2 Å². The lowest BCUT2D eigenvalue weighted by Crippen LogP contribution is -2.26. The van der Waals surface area contributed by atoms with Crippen LogP contribution in [-0.2, 0) is 13.6 Å². The van der Waals surface area contributed by atoms with Gasteiger partial charge >= 0.3 is 0 Å². The Balaban J connectivity index is 2.02. The maximum atomic E-state index is 9.63. The first kappa shape index (κ1) is 12.6. The van der Waals surface area contributed by atoms with Crippen LogP contribution in [0, 0.1) is 13.8 Å². The number of aromatic nitrogens is 2.